The fraction of sp³-hybridized carbons (Fsp3) is 0.786. The van der Waals surface area contributed by atoms with Crippen LogP contribution in [0.1, 0.15) is 181 Å². The summed E-state index contributed by atoms with van der Waals surface area (Å²) in [6, 6.07) is -1.53. The van der Waals surface area contributed by atoms with Gasteiger partial charge < -0.3 is 25.2 Å². The highest BCUT2D eigenvalue weighted by Gasteiger charge is 2.28. The van der Waals surface area contributed by atoms with Crippen LogP contribution in [-0.4, -0.2) is 59.9 Å². The maximum Gasteiger partial charge on any atom is 0.472 e. The standard InChI is InChI=1S/C42H76NO10P/c1-3-5-7-9-11-13-15-17-19-21-23-25-27-29-31-33-40(44)50-35-38(36-51-54(48,49)52-37-39(43)42(46)47)53-41(45)34-32-30-28-26-24-22-20-18-16-14-12-10-8-6-4-2/h14,16,18,20,23,25,38-39H,3-13,15,17,19,21-22,24,26-37,43H2,1-2H3,(H,46,47)(H,48,49)/b16-14+,20-18+,25-23+/t38-,39+/m1/s1. The van der Waals surface area contributed by atoms with Gasteiger partial charge in [0.2, 0.25) is 0 Å². The van der Waals surface area contributed by atoms with Gasteiger partial charge >= 0.3 is 25.7 Å². The van der Waals surface area contributed by atoms with Crippen LogP contribution in [0.5, 0.6) is 0 Å². The highest BCUT2D eigenvalue weighted by molar-refractivity contribution is 7.47. The summed E-state index contributed by atoms with van der Waals surface area (Å²) >= 11 is 0. The number of carbonyl (C=O) groups is 3. The van der Waals surface area contributed by atoms with Gasteiger partial charge in [0.15, 0.2) is 6.10 Å². The Morgan fingerprint density at radius 2 is 0.981 bits per heavy atom. The van der Waals surface area contributed by atoms with Crippen molar-refractivity contribution in [2.75, 3.05) is 19.8 Å². The Morgan fingerprint density at radius 3 is 1.52 bits per heavy atom. The number of phosphoric acid groups is 1. The summed E-state index contributed by atoms with van der Waals surface area (Å²) < 4.78 is 32.6. The lowest BCUT2D eigenvalue weighted by atomic mass is 10.1. The molecule has 0 saturated heterocycles. The average molecular weight is 786 g/mol. The molecule has 0 aromatic rings. The molecule has 4 N–H and O–H groups in total. The summed E-state index contributed by atoms with van der Waals surface area (Å²) in [6.45, 7) is 2.74. The SMILES string of the molecule is CCCCCC/C=C/C=C/CCCCCCCC(=O)O[C@H](COC(=O)CCCC/C=C/CCCCCCCCCCC)COP(=O)(O)OC[C@H](N)C(=O)O. The molecule has 0 saturated carbocycles. The summed E-state index contributed by atoms with van der Waals surface area (Å²) in [5.74, 6) is -2.43. The van der Waals surface area contributed by atoms with Gasteiger partial charge in [0.25, 0.3) is 0 Å². The molecule has 0 amide bonds. The third kappa shape index (κ3) is 36.7. The monoisotopic (exact) mass is 786 g/mol. The number of carboxylic acid groups (broad SMARTS) is 1. The number of unbranched alkanes of at least 4 members (excludes halogenated alkanes) is 20. The molecule has 11 nitrogen and oxygen atoms in total. The first-order chi connectivity index (χ1) is 26.1. The van der Waals surface area contributed by atoms with Crippen LogP contribution in [0, 0.1) is 0 Å². The van der Waals surface area contributed by atoms with Crippen LogP contribution < -0.4 is 5.73 Å². The zero-order chi connectivity index (χ0) is 40.0. The summed E-state index contributed by atoms with van der Waals surface area (Å²) in [5, 5.41) is 8.87. The summed E-state index contributed by atoms with van der Waals surface area (Å²) in [5.41, 5.74) is 5.32. The van der Waals surface area contributed by atoms with Crippen LogP contribution in [0.3, 0.4) is 0 Å². The number of allylic oxidation sites excluding steroid dienone is 6. The van der Waals surface area contributed by atoms with Gasteiger partial charge in [-0.2, -0.15) is 0 Å². The second kappa shape index (κ2) is 37.6. The highest BCUT2D eigenvalue weighted by Crippen LogP contribution is 2.43. The van der Waals surface area contributed by atoms with Crippen molar-refractivity contribution in [1.29, 1.82) is 0 Å². The van der Waals surface area contributed by atoms with Crippen molar-refractivity contribution in [1.82, 2.24) is 0 Å². The van der Waals surface area contributed by atoms with Crippen molar-refractivity contribution in [2.45, 2.75) is 193 Å². The van der Waals surface area contributed by atoms with Gasteiger partial charge in [-0.05, 0) is 64.2 Å². The molecule has 0 radical (unpaired) electrons. The predicted octanol–water partition coefficient (Wildman–Crippen LogP) is 10.8. The number of rotatable bonds is 39. The summed E-state index contributed by atoms with van der Waals surface area (Å²) in [4.78, 5) is 45.9. The molecule has 3 atom stereocenters. The number of nitrogens with two attached hydrogens (primary N) is 1. The first-order valence-corrected chi connectivity index (χ1v) is 22.5. The largest absolute Gasteiger partial charge is 0.480 e. The lowest BCUT2D eigenvalue weighted by Crippen LogP contribution is -2.34. The molecule has 0 aliphatic heterocycles. The van der Waals surface area contributed by atoms with E-state index in [2.05, 4.69) is 54.8 Å². The number of hydrogen-bond acceptors (Lipinski definition) is 9. The number of hydrogen-bond donors (Lipinski definition) is 3. The molecule has 0 bridgehead atoms. The van der Waals surface area contributed by atoms with E-state index in [0.29, 0.717) is 12.8 Å². The molecule has 314 valence electrons. The normalized spacial score (nSPS) is 14.1. The molecular formula is C42H76NO10P. The fourth-order valence-electron chi connectivity index (χ4n) is 5.52. The van der Waals surface area contributed by atoms with E-state index in [9.17, 15) is 23.8 Å². The maximum atomic E-state index is 12.6. The van der Waals surface area contributed by atoms with E-state index in [4.69, 9.17) is 24.8 Å². The Bertz CT molecular complexity index is 1060. The van der Waals surface area contributed by atoms with E-state index in [0.717, 1.165) is 57.8 Å². The van der Waals surface area contributed by atoms with Gasteiger partial charge in [-0.25, -0.2) is 4.57 Å². The minimum atomic E-state index is -4.72. The molecule has 0 aromatic heterocycles. The molecule has 0 rings (SSSR count). The lowest BCUT2D eigenvalue weighted by molar-refractivity contribution is -0.161. The van der Waals surface area contributed by atoms with Gasteiger partial charge in [-0.1, -0.05) is 140 Å². The van der Waals surface area contributed by atoms with Gasteiger partial charge in [0, 0.05) is 12.8 Å². The van der Waals surface area contributed by atoms with Gasteiger partial charge in [0.1, 0.15) is 12.6 Å². The Morgan fingerprint density at radius 1 is 0.574 bits per heavy atom. The van der Waals surface area contributed by atoms with Crippen molar-refractivity contribution >= 4 is 25.7 Å². The van der Waals surface area contributed by atoms with E-state index in [-0.39, 0.29) is 19.4 Å². The number of ether oxygens (including phenoxy) is 2. The molecule has 0 aliphatic carbocycles. The van der Waals surface area contributed by atoms with Crippen LogP contribution in [0.2, 0.25) is 0 Å². The summed E-state index contributed by atoms with van der Waals surface area (Å²) in [7, 11) is -4.72. The molecule has 0 heterocycles. The van der Waals surface area contributed by atoms with Gasteiger partial charge in [-0.15, -0.1) is 0 Å². The van der Waals surface area contributed by atoms with Crippen LogP contribution in [0.25, 0.3) is 0 Å². The molecule has 0 fully saturated rings. The first-order valence-electron chi connectivity index (χ1n) is 21.0. The third-order valence-corrected chi connectivity index (χ3v) is 9.84. The van der Waals surface area contributed by atoms with E-state index >= 15 is 0 Å². The van der Waals surface area contributed by atoms with Crippen molar-refractivity contribution in [3.05, 3.63) is 36.5 Å². The lowest BCUT2D eigenvalue weighted by Gasteiger charge is -2.20. The quantitative estimate of drug-likeness (QED) is 0.0178. The Balaban J connectivity index is 4.44. The summed E-state index contributed by atoms with van der Waals surface area (Å²) in [6.07, 6.45) is 39.2. The van der Waals surface area contributed by atoms with Crippen LogP contribution >= 0.6 is 7.82 Å². The number of carbonyl (C=O) groups excluding carboxylic acids is 2. The van der Waals surface area contributed by atoms with Crippen LogP contribution in [0.15, 0.2) is 36.5 Å². The molecule has 0 aliphatic rings. The van der Waals surface area contributed by atoms with Gasteiger partial charge in [-0.3, -0.25) is 23.4 Å². The predicted molar refractivity (Wildman–Crippen MR) is 217 cm³/mol. The number of carboxylic acids is 1. The van der Waals surface area contributed by atoms with Crippen molar-refractivity contribution in [3.8, 4) is 0 Å². The van der Waals surface area contributed by atoms with E-state index in [1.165, 1.54) is 83.5 Å². The molecule has 0 spiro atoms. The van der Waals surface area contributed by atoms with E-state index < -0.39 is 51.1 Å². The van der Waals surface area contributed by atoms with Crippen molar-refractivity contribution in [3.63, 3.8) is 0 Å². The molecular weight excluding hydrogens is 709 g/mol. The van der Waals surface area contributed by atoms with Crippen LogP contribution in [0.4, 0.5) is 0 Å². The van der Waals surface area contributed by atoms with Crippen molar-refractivity contribution < 1.29 is 47.5 Å². The maximum absolute atomic E-state index is 12.6. The highest BCUT2D eigenvalue weighted by atomic mass is 31.2. The number of aliphatic carboxylic acids is 1. The van der Waals surface area contributed by atoms with Crippen LogP contribution in [-0.2, 0) is 37.5 Å². The Kier molecular flexibility index (Phi) is 36.0. The second-order valence-corrected chi connectivity index (χ2v) is 15.6. The Labute approximate surface area is 327 Å². The second-order valence-electron chi connectivity index (χ2n) is 14.1. The van der Waals surface area contributed by atoms with Gasteiger partial charge in [0.05, 0.1) is 13.2 Å². The number of phosphoric ester groups is 1. The van der Waals surface area contributed by atoms with E-state index in [1.54, 1.807) is 0 Å². The third-order valence-electron chi connectivity index (χ3n) is 8.89. The molecule has 0 aromatic carbocycles. The zero-order valence-electron chi connectivity index (χ0n) is 33.8. The molecule has 12 heteroatoms. The van der Waals surface area contributed by atoms with E-state index in [1.807, 2.05) is 0 Å². The minimum absolute atomic E-state index is 0.140. The Hall–Kier alpha value is -2.30. The minimum Gasteiger partial charge on any atom is -0.480 e. The average Bonchev–Trinajstić information content (AvgIpc) is 3.14. The topological polar surface area (TPSA) is 172 Å². The molecule has 1 unspecified atom stereocenters. The van der Waals surface area contributed by atoms with Crippen molar-refractivity contribution in [2.24, 2.45) is 5.73 Å². The molecule has 54 heavy (non-hydrogen) atoms. The smallest absolute Gasteiger partial charge is 0.472 e. The first kappa shape index (κ1) is 51.7. The fourth-order valence-corrected chi connectivity index (χ4v) is 6.30. The zero-order valence-corrected chi connectivity index (χ0v) is 34.7. The number of esters is 2.